The minimum absolute atomic E-state index is 0.261. The number of aryl methyl sites for hydroxylation is 3. The molecule has 0 spiro atoms. The van der Waals surface area contributed by atoms with E-state index in [1.807, 2.05) is 0 Å². The fourth-order valence-corrected chi connectivity index (χ4v) is 2.66. The molecule has 1 aromatic carbocycles. The Hall–Kier alpha value is -3.36. The smallest absolute Gasteiger partial charge is 0.271 e. The minimum Gasteiger partial charge on any atom is -0.319 e. The molecule has 25 heavy (non-hydrogen) atoms. The van der Waals surface area contributed by atoms with Gasteiger partial charge in [0, 0.05) is 24.9 Å². The molecule has 0 fully saturated rings. The molecule has 8 nitrogen and oxygen atoms in total. The number of nitrogens with one attached hydrogen (secondary N) is 1. The van der Waals surface area contributed by atoms with Gasteiger partial charge in [-0.05, 0) is 26.0 Å². The van der Waals surface area contributed by atoms with Crippen LogP contribution >= 0.6 is 0 Å². The summed E-state index contributed by atoms with van der Waals surface area (Å²) >= 11 is 0. The van der Waals surface area contributed by atoms with E-state index in [0.29, 0.717) is 22.4 Å². The molecule has 0 aliphatic rings. The second-order valence-corrected chi connectivity index (χ2v) is 5.59. The predicted octanol–water partition coefficient (Wildman–Crippen LogP) is 2.88. The molecule has 3 aromatic rings. The first-order valence-corrected chi connectivity index (χ1v) is 7.34. The Morgan fingerprint density at radius 3 is 2.72 bits per heavy atom. The van der Waals surface area contributed by atoms with Gasteiger partial charge in [-0.15, -0.1) is 0 Å². The fraction of sp³-hybridized carbons (Fsp3) is 0.188. The number of benzene rings is 1. The van der Waals surface area contributed by atoms with Gasteiger partial charge < -0.3 is 5.32 Å². The van der Waals surface area contributed by atoms with E-state index in [4.69, 9.17) is 0 Å². The predicted molar refractivity (Wildman–Crippen MR) is 89.0 cm³/mol. The summed E-state index contributed by atoms with van der Waals surface area (Å²) in [5.41, 5.74) is 1.43. The Balaban J connectivity index is 2.07. The summed E-state index contributed by atoms with van der Waals surface area (Å²) < 4.78 is 15.5. The highest BCUT2D eigenvalue weighted by molar-refractivity contribution is 6.12. The maximum atomic E-state index is 13.9. The van der Waals surface area contributed by atoms with Crippen molar-refractivity contribution in [2.45, 2.75) is 13.8 Å². The van der Waals surface area contributed by atoms with Gasteiger partial charge >= 0.3 is 0 Å². The van der Waals surface area contributed by atoms with E-state index < -0.39 is 16.6 Å². The third kappa shape index (κ3) is 2.91. The zero-order valence-corrected chi connectivity index (χ0v) is 13.7. The van der Waals surface area contributed by atoms with Crippen LogP contribution in [-0.4, -0.2) is 25.6 Å². The number of carbonyl (C=O) groups excluding carboxylic acids is 1. The standard InChI is InChI=1S/C16H14FN5O3/c1-8-6-11(14-9(2)20-21(3)15(14)18-8)16(23)19-13-7-10(22(24)25)4-5-12(13)17/h4-7H,1-3H3,(H,19,23). The normalized spacial score (nSPS) is 10.9. The third-order valence-electron chi connectivity index (χ3n) is 3.75. The topological polar surface area (TPSA) is 103 Å². The Bertz CT molecular complexity index is 1030. The molecule has 1 amide bonds. The number of non-ortho nitro benzene ring substituents is 1. The van der Waals surface area contributed by atoms with Gasteiger partial charge in [0.25, 0.3) is 11.6 Å². The lowest BCUT2D eigenvalue weighted by atomic mass is 10.1. The number of amides is 1. The monoisotopic (exact) mass is 343 g/mol. The SMILES string of the molecule is Cc1cc(C(=O)Nc2cc([N+](=O)[O-])ccc2F)c2c(C)nn(C)c2n1. The van der Waals surface area contributed by atoms with Crippen LogP contribution in [0, 0.1) is 29.8 Å². The highest BCUT2D eigenvalue weighted by Crippen LogP contribution is 2.25. The maximum Gasteiger partial charge on any atom is 0.271 e. The number of nitro benzene ring substituents is 1. The zero-order valence-electron chi connectivity index (χ0n) is 13.7. The Morgan fingerprint density at radius 2 is 2.04 bits per heavy atom. The van der Waals surface area contributed by atoms with Crippen molar-refractivity contribution in [1.82, 2.24) is 14.8 Å². The van der Waals surface area contributed by atoms with E-state index in [-0.39, 0.29) is 16.9 Å². The van der Waals surface area contributed by atoms with Crippen LogP contribution in [0.4, 0.5) is 15.8 Å². The molecule has 128 valence electrons. The zero-order chi connectivity index (χ0) is 18.3. The summed E-state index contributed by atoms with van der Waals surface area (Å²) in [6, 6.07) is 4.53. The lowest BCUT2D eigenvalue weighted by molar-refractivity contribution is -0.384. The summed E-state index contributed by atoms with van der Waals surface area (Å²) in [5.74, 6) is -1.35. The van der Waals surface area contributed by atoms with Crippen LogP contribution in [0.1, 0.15) is 21.7 Å². The van der Waals surface area contributed by atoms with E-state index in [1.165, 1.54) is 0 Å². The Labute approximate surface area is 141 Å². The van der Waals surface area contributed by atoms with Crippen molar-refractivity contribution in [3.63, 3.8) is 0 Å². The summed E-state index contributed by atoms with van der Waals surface area (Å²) in [5, 5.41) is 18.0. The highest BCUT2D eigenvalue weighted by Gasteiger charge is 2.20. The fourth-order valence-electron chi connectivity index (χ4n) is 2.66. The number of rotatable bonds is 3. The lowest BCUT2D eigenvalue weighted by Gasteiger charge is -2.08. The number of halogens is 1. The summed E-state index contributed by atoms with van der Waals surface area (Å²) in [6.07, 6.45) is 0. The number of fused-ring (bicyclic) bond motifs is 1. The molecule has 9 heteroatoms. The quantitative estimate of drug-likeness (QED) is 0.582. The van der Waals surface area contributed by atoms with Crippen LogP contribution in [-0.2, 0) is 7.05 Å². The van der Waals surface area contributed by atoms with Crippen LogP contribution in [0.3, 0.4) is 0 Å². The van der Waals surface area contributed by atoms with Crippen LogP contribution in [0.25, 0.3) is 11.0 Å². The number of carbonyl (C=O) groups is 1. The summed E-state index contributed by atoms with van der Waals surface area (Å²) in [4.78, 5) is 27.2. The second kappa shape index (κ2) is 5.93. The molecule has 0 saturated heterocycles. The van der Waals surface area contributed by atoms with Crippen molar-refractivity contribution in [2.75, 3.05) is 5.32 Å². The molecule has 0 bridgehead atoms. The minimum atomic E-state index is -0.760. The Kier molecular flexibility index (Phi) is 3.91. The second-order valence-electron chi connectivity index (χ2n) is 5.59. The van der Waals surface area contributed by atoms with Gasteiger partial charge in [0.1, 0.15) is 5.82 Å². The van der Waals surface area contributed by atoms with Crippen molar-refractivity contribution >= 4 is 28.3 Å². The number of nitro groups is 1. The van der Waals surface area contributed by atoms with Crippen molar-refractivity contribution in [1.29, 1.82) is 0 Å². The number of aromatic nitrogens is 3. The average molecular weight is 343 g/mol. The molecule has 0 radical (unpaired) electrons. The highest BCUT2D eigenvalue weighted by atomic mass is 19.1. The van der Waals surface area contributed by atoms with E-state index in [1.54, 1.807) is 31.6 Å². The molecule has 0 saturated carbocycles. The first kappa shape index (κ1) is 16.5. The molecule has 2 heterocycles. The van der Waals surface area contributed by atoms with E-state index in [9.17, 15) is 19.3 Å². The molecule has 1 N–H and O–H groups in total. The first-order chi connectivity index (χ1) is 11.8. The van der Waals surface area contributed by atoms with Crippen molar-refractivity contribution in [2.24, 2.45) is 7.05 Å². The summed E-state index contributed by atoms with van der Waals surface area (Å²) in [6.45, 7) is 3.47. The average Bonchev–Trinajstić information content (AvgIpc) is 2.82. The van der Waals surface area contributed by atoms with E-state index in [2.05, 4.69) is 15.4 Å². The molecule has 0 unspecified atom stereocenters. The molecular weight excluding hydrogens is 329 g/mol. The van der Waals surface area contributed by atoms with Gasteiger partial charge in [-0.25, -0.2) is 9.37 Å². The van der Waals surface area contributed by atoms with E-state index in [0.717, 1.165) is 18.2 Å². The number of pyridine rings is 1. The van der Waals surface area contributed by atoms with Gasteiger partial charge in [-0.2, -0.15) is 5.10 Å². The molecule has 3 rings (SSSR count). The van der Waals surface area contributed by atoms with Crippen LogP contribution in [0.5, 0.6) is 0 Å². The van der Waals surface area contributed by atoms with Gasteiger partial charge in [-0.3, -0.25) is 19.6 Å². The molecular formula is C16H14FN5O3. The molecule has 0 aliphatic heterocycles. The Morgan fingerprint density at radius 1 is 1.32 bits per heavy atom. The van der Waals surface area contributed by atoms with Gasteiger partial charge in [-0.1, -0.05) is 0 Å². The maximum absolute atomic E-state index is 13.9. The van der Waals surface area contributed by atoms with Crippen LogP contribution in [0.15, 0.2) is 24.3 Å². The van der Waals surface area contributed by atoms with Gasteiger partial charge in [0.15, 0.2) is 5.65 Å². The number of nitrogens with zero attached hydrogens (tertiary/aromatic N) is 4. The number of anilines is 1. The molecule has 0 aliphatic carbocycles. The van der Waals surface area contributed by atoms with Crippen molar-refractivity contribution in [3.05, 3.63) is 57.1 Å². The lowest BCUT2D eigenvalue weighted by Crippen LogP contribution is -2.14. The van der Waals surface area contributed by atoms with Gasteiger partial charge in [0.05, 0.1) is 27.3 Å². The first-order valence-electron chi connectivity index (χ1n) is 7.34. The molecule has 0 atom stereocenters. The van der Waals surface area contributed by atoms with Gasteiger partial charge in [0.2, 0.25) is 0 Å². The van der Waals surface area contributed by atoms with Crippen LogP contribution < -0.4 is 5.32 Å². The molecule has 2 aromatic heterocycles. The van der Waals surface area contributed by atoms with Crippen molar-refractivity contribution in [3.8, 4) is 0 Å². The third-order valence-corrected chi connectivity index (χ3v) is 3.75. The number of hydrogen-bond donors (Lipinski definition) is 1. The number of hydrogen-bond acceptors (Lipinski definition) is 5. The van der Waals surface area contributed by atoms with E-state index >= 15 is 0 Å². The largest absolute Gasteiger partial charge is 0.319 e. The van der Waals surface area contributed by atoms with Crippen LogP contribution in [0.2, 0.25) is 0 Å². The summed E-state index contributed by atoms with van der Waals surface area (Å²) in [7, 11) is 1.71. The van der Waals surface area contributed by atoms with Crippen molar-refractivity contribution < 1.29 is 14.1 Å².